The molecule has 3 rings (SSSR count). The molecule has 2 heterocycles. The van der Waals surface area contributed by atoms with Gasteiger partial charge in [0.1, 0.15) is 11.5 Å². The minimum atomic E-state index is 0.832. The number of ether oxygens (including phenoxy) is 2. The largest absolute Gasteiger partial charge is 0.493 e. The third-order valence-corrected chi connectivity index (χ3v) is 2.98. The summed E-state index contributed by atoms with van der Waals surface area (Å²) in [5.74, 6) is 2.08. The third-order valence-electron chi connectivity index (χ3n) is 2.98. The number of benzene rings is 1. The van der Waals surface area contributed by atoms with E-state index in [2.05, 4.69) is 13.0 Å². The Labute approximate surface area is 77.5 Å². The van der Waals surface area contributed by atoms with Gasteiger partial charge in [-0.25, -0.2) is 0 Å². The predicted octanol–water partition coefficient (Wildman–Crippen LogP) is 1.86. The lowest BCUT2D eigenvalue weighted by Gasteiger charge is -2.07. The van der Waals surface area contributed by atoms with Crippen molar-refractivity contribution in [2.24, 2.45) is 0 Å². The van der Waals surface area contributed by atoms with Crippen LogP contribution in [0.3, 0.4) is 0 Å². The molecule has 0 N–H and O–H groups in total. The Morgan fingerprint density at radius 1 is 1.00 bits per heavy atom. The number of rotatable bonds is 0. The predicted molar refractivity (Wildman–Crippen MR) is 49.6 cm³/mol. The fraction of sp³-hybridized carbons (Fsp3) is 0.455. The molecule has 2 heteroatoms. The Kier molecular flexibility index (Phi) is 1.34. The molecule has 13 heavy (non-hydrogen) atoms. The maximum absolute atomic E-state index is 5.52. The molecule has 0 bridgehead atoms. The van der Waals surface area contributed by atoms with E-state index < -0.39 is 0 Å². The first-order valence-corrected chi connectivity index (χ1v) is 4.77. The fourth-order valence-electron chi connectivity index (χ4n) is 2.25. The van der Waals surface area contributed by atoms with E-state index in [1.807, 2.05) is 0 Å². The van der Waals surface area contributed by atoms with E-state index in [0.717, 1.165) is 37.6 Å². The molecule has 0 amide bonds. The van der Waals surface area contributed by atoms with Gasteiger partial charge in [-0.15, -0.1) is 0 Å². The van der Waals surface area contributed by atoms with Gasteiger partial charge in [-0.3, -0.25) is 0 Å². The van der Waals surface area contributed by atoms with E-state index in [0.29, 0.717) is 0 Å². The molecule has 0 spiro atoms. The highest BCUT2D eigenvalue weighted by Crippen LogP contribution is 2.39. The van der Waals surface area contributed by atoms with Crippen molar-refractivity contribution in [1.29, 1.82) is 0 Å². The molecule has 0 fully saturated rings. The van der Waals surface area contributed by atoms with E-state index in [4.69, 9.17) is 9.47 Å². The van der Waals surface area contributed by atoms with E-state index in [1.54, 1.807) is 0 Å². The topological polar surface area (TPSA) is 18.5 Å². The van der Waals surface area contributed by atoms with Gasteiger partial charge in [0, 0.05) is 30.0 Å². The molecule has 0 radical (unpaired) electrons. The quantitative estimate of drug-likeness (QED) is 0.600. The molecule has 0 saturated carbocycles. The van der Waals surface area contributed by atoms with Gasteiger partial charge >= 0.3 is 0 Å². The van der Waals surface area contributed by atoms with Gasteiger partial charge in [0.25, 0.3) is 0 Å². The van der Waals surface area contributed by atoms with Gasteiger partial charge < -0.3 is 9.47 Å². The first kappa shape index (κ1) is 7.25. The summed E-state index contributed by atoms with van der Waals surface area (Å²) in [6.45, 7) is 3.85. The van der Waals surface area contributed by atoms with Crippen molar-refractivity contribution in [2.75, 3.05) is 13.2 Å². The average molecular weight is 176 g/mol. The molecular formula is C11H12O2. The summed E-state index contributed by atoms with van der Waals surface area (Å²) in [7, 11) is 0. The van der Waals surface area contributed by atoms with Gasteiger partial charge in [0.05, 0.1) is 13.2 Å². The molecule has 68 valence electrons. The molecule has 2 aliphatic heterocycles. The molecule has 1 aromatic rings. The zero-order chi connectivity index (χ0) is 8.84. The van der Waals surface area contributed by atoms with Crippen molar-refractivity contribution in [3.05, 3.63) is 22.8 Å². The van der Waals surface area contributed by atoms with Crippen molar-refractivity contribution in [3.63, 3.8) is 0 Å². The van der Waals surface area contributed by atoms with Crippen LogP contribution in [-0.4, -0.2) is 13.2 Å². The molecule has 0 aromatic heterocycles. The number of hydrogen-bond acceptors (Lipinski definition) is 2. The first-order chi connectivity index (χ1) is 6.36. The Bertz CT molecular complexity index is 337. The summed E-state index contributed by atoms with van der Waals surface area (Å²) >= 11 is 0. The van der Waals surface area contributed by atoms with E-state index in [9.17, 15) is 0 Å². The molecule has 0 saturated heterocycles. The van der Waals surface area contributed by atoms with Crippen molar-refractivity contribution in [2.45, 2.75) is 19.8 Å². The maximum Gasteiger partial charge on any atom is 0.126 e. The second-order valence-corrected chi connectivity index (χ2v) is 3.65. The molecule has 1 aromatic carbocycles. The monoisotopic (exact) mass is 176 g/mol. The van der Waals surface area contributed by atoms with Crippen LogP contribution in [0.1, 0.15) is 16.7 Å². The molecule has 0 atom stereocenters. The summed E-state index contributed by atoms with van der Waals surface area (Å²) in [6, 6.07) is 2.05. The van der Waals surface area contributed by atoms with Gasteiger partial charge in [0.2, 0.25) is 0 Å². The summed E-state index contributed by atoms with van der Waals surface area (Å²) in [5.41, 5.74) is 4.18. The Morgan fingerprint density at radius 3 is 2.08 bits per heavy atom. The fourth-order valence-corrected chi connectivity index (χ4v) is 2.25. The van der Waals surface area contributed by atoms with Gasteiger partial charge in [-0.05, 0) is 12.5 Å². The third kappa shape index (κ3) is 0.886. The zero-order valence-corrected chi connectivity index (χ0v) is 7.72. The van der Waals surface area contributed by atoms with Crippen LogP contribution in [-0.2, 0) is 12.8 Å². The lowest BCUT2D eigenvalue weighted by atomic mass is 9.99. The smallest absolute Gasteiger partial charge is 0.126 e. The van der Waals surface area contributed by atoms with Crippen LogP contribution >= 0.6 is 0 Å². The molecule has 0 aliphatic carbocycles. The molecule has 2 nitrogen and oxygen atoms in total. The summed E-state index contributed by atoms with van der Waals surface area (Å²) in [4.78, 5) is 0. The second kappa shape index (κ2) is 2.41. The van der Waals surface area contributed by atoms with E-state index >= 15 is 0 Å². The second-order valence-electron chi connectivity index (χ2n) is 3.65. The first-order valence-electron chi connectivity index (χ1n) is 4.77. The van der Waals surface area contributed by atoms with Crippen molar-refractivity contribution in [1.82, 2.24) is 0 Å². The normalized spacial score (nSPS) is 17.6. The van der Waals surface area contributed by atoms with Crippen LogP contribution in [0.2, 0.25) is 0 Å². The minimum absolute atomic E-state index is 0.832. The highest BCUT2D eigenvalue weighted by molar-refractivity contribution is 5.55. The van der Waals surface area contributed by atoms with Crippen LogP contribution in [0.25, 0.3) is 0 Å². The van der Waals surface area contributed by atoms with E-state index in [-0.39, 0.29) is 0 Å². The van der Waals surface area contributed by atoms with Crippen molar-refractivity contribution >= 4 is 0 Å². The average Bonchev–Trinajstić information content (AvgIpc) is 2.71. The van der Waals surface area contributed by atoms with E-state index in [1.165, 1.54) is 16.7 Å². The van der Waals surface area contributed by atoms with Crippen molar-refractivity contribution in [3.8, 4) is 11.5 Å². The highest BCUT2D eigenvalue weighted by atomic mass is 16.5. The maximum atomic E-state index is 5.52. The van der Waals surface area contributed by atoms with Crippen LogP contribution in [0.15, 0.2) is 6.07 Å². The number of fused-ring (bicyclic) bond motifs is 2. The lowest BCUT2D eigenvalue weighted by Crippen LogP contribution is -1.90. The Hall–Kier alpha value is -1.18. The van der Waals surface area contributed by atoms with Crippen LogP contribution < -0.4 is 9.47 Å². The Morgan fingerprint density at radius 2 is 1.54 bits per heavy atom. The van der Waals surface area contributed by atoms with Gasteiger partial charge in [-0.2, -0.15) is 0 Å². The molecule has 0 unspecified atom stereocenters. The minimum Gasteiger partial charge on any atom is -0.493 e. The van der Waals surface area contributed by atoms with Gasteiger partial charge in [0.15, 0.2) is 0 Å². The standard InChI is InChI=1S/C11H12O2/c1-7-8-2-4-12-10(8)6-11-9(7)3-5-13-11/h6H,2-5H2,1H3. The van der Waals surface area contributed by atoms with Gasteiger partial charge in [-0.1, -0.05) is 0 Å². The summed E-state index contributed by atoms with van der Waals surface area (Å²) in [6.07, 6.45) is 2.13. The highest BCUT2D eigenvalue weighted by Gasteiger charge is 2.23. The van der Waals surface area contributed by atoms with Crippen molar-refractivity contribution < 1.29 is 9.47 Å². The number of hydrogen-bond donors (Lipinski definition) is 0. The Balaban J connectivity index is 2.26. The molecule has 2 aliphatic rings. The summed E-state index contributed by atoms with van der Waals surface area (Å²) in [5, 5.41) is 0. The van der Waals surface area contributed by atoms with Crippen LogP contribution in [0, 0.1) is 6.92 Å². The lowest BCUT2D eigenvalue weighted by molar-refractivity contribution is 0.342. The SMILES string of the molecule is Cc1c2c(cc3c1CCO3)OCC2. The molecular weight excluding hydrogens is 164 g/mol. The van der Waals surface area contributed by atoms with Crippen LogP contribution in [0.5, 0.6) is 11.5 Å². The summed E-state index contributed by atoms with van der Waals surface area (Å²) < 4.78 is 11.0. The van der Waals surface area contributed by atoms with Crippen LogP contribution in [0.4, 0.5) is 0 Å². The zero-order valence-electron chi connectivity index (χ0n) is 7.72.